The summed E-state index contributed by atoms with van der Waals surface area (Å²) in [4.78, 5) is 0. The predicted octanol–water partition coefficient (Wildman–Crippen LogP) is 1.82. The van der Waals surface area contributed by atoms with Gasteiger partial charge in [0.15, 0.2) is 0 Å². The van der Waals surface area contributed by atoms with Crippen molar-refractivity contribution in [1.29, 1.82) is 0 Å². The van der Waals surface area contributed by atoms with Gasteiger partial charge in [-0.05, 0) is 30.9 Å². The Bertz CT molecular complexity index is 529. The van der Waals surface area contributed by atoms with E-state index >= 15 is 0 Å². The Labute approximate surface area is 114 Å². The molecule has 5 nitrogen and oxygen atoms in total. The summed E-state index contributed by atoms with van der Waals surface area (Å²) in [6.45, 7) is 1.33. The van der Waals surface area contributed by atoms with Crippen molar-refractivity contribution >= 4 is 21.4 Å². The molecule has 0 aromatic heterocycles. The minimum absolute atomic E-state index is 0.0739. The molecule has 106 valence electrons. The molecule has 0 aliphatic carbocycles. The van der Waals surface area contributed by atoms with Crippen molar-refractivity contribution in [3.63, 3.8) is 0 Å². The zero-order valence-corrected chi connectivity index (χ0v) is 11.9. The lowest BCUT2D eigenvalue weighted by molar-refractivity contribution is 0.199. The van der Waals surface area contributed by atoms with Crippen LogP contribution in [0.25, 0.3) is 0 Å². The summed E-state index contributed by atoms with van der Waals surface area (Å²) in [5.74, 6) is 0.0739. The average Bonchev–Trinajstić information content (AvgIpc) is 2.39. The first-order valence-corrected chi connectivity index (χ1v) is 8.13. The molecule has 1 heterocycles. The van der Waals surface area contributed by atoms with Crippen LogP contribution in [0.5, 0.6) is 0 Å². The number of rotatable bonds is 6. The average molecular weight is 284 g/mol. The number of fused-ring (bicyclic) bond motifs is 1. The molecular weight excluding hydrogens is 264 g/mol. The molecule has 19 heavy (non-hydrogen) atoms. The van der Waals surface area contributed by atoms with E-state index in [2.05, 4.69) is 10.0 Å². The maximum absolute atomic E-state index is 12.0. The van der Waals surface area contributed by atoms with Gasteiger partial charge in [-0.1, -0.05) is 12.1 Å². The summed E-state index contributed by atoms with van der Waals surface area (Å²) in [6.07, 6.45) is 2.56. The summed E-state index contributed by atoms with van der Waals surface area (Å²) in [7, 11) is -1.74. The van der Waals surface area contributed by atoms with Gasteiger partial charge >= 0.3 is 0 Å². The molecule has 0 spiro atoms. The van der Waals surface area contributed by atoms with E-state index in [0.29, 0.717) is 18.7 Å². The number of ether oxygens (including phenoxy) is 1. The molecule has 0 unspecified atom stereocenters. The Morgan fingerprint density at radius 2 is 2.26 bits per heavy atom. The van der Waals surface area contributed by atoms with E-state index in [1.54, 1.807) is 13.2 Å². The van der Waals surface area contributed by atoms with Gasteiger partial charge in [-0.15, -0.1) is 0 Å². The van der Waals surface area contributed by atoms with E-state index in [1.807, 2.05) is 12.1 Å². The molecule has 1 aliphatic heterocycles. The second-order valence-electron chi connectivity index (χ2n) is 4.64. The number of anilines is 2. The molecule has 2 rings (SSSR count). The Balaban J connectivity index is 2.10. The number of nitrogens with one attached hydrogen (secondary N) is 2. The summed E-state index contributed by atoms with van der Waals surface area (Å²) >= 11 is 0. The monoisotopic (exact) mass is 284 g/mol. The molecular formula is C13H20N2O3S. The van der Waals surface area contributed by atoms with Crippen molar-refractivity contribution in [2.75, 3.05) is 36.1 Å². The van der Waals surface area contributed by atoms with Gasteiger partial charge in [0.2, 0.25) is 10.0 Å². The van der Waals surface area contributed by atoms with Gasteiger partial charge in [-0.2, -0.15) is 0 Å². The van der Waals surface area contributed by atoms with Gasteiger partial charge in [-0.25, -0.2) is 8.42 Å². The summed E-state index contributed by atoms with van der Waals surface area (Å²) in [6, 6.07) is 5.72. The topological polar surface area (TPSA) is 67.4 Å². The Morgan fingerprint density at radius 1 is 1.42 bits per heavy atom. The Kier molecular flexibility index (Phi) is 4.66. The highest BCUT2D eigenvalue weighted by molar-refractivity contribution is 7.92. The van der Waals surface area contributed by atoms with Crippen LogP contribution < -0.4 is 10.0 Å². The number of hydrogen-bond acceptors (Lipinski definition) is 4. The molecule has 1 aromatic rings. The minimum Gasteiger partial charge on any atom is -0.385 e. The van der Waals surface area contributed by atoms with Gasteiger partial charge in [0.1, 0.15) is 0 Å². The molecule has 2 N–H and O–H groups in total. The lowest BCUT2D eigenvalue weighted by Gasteiger charge is -2.21. The van der Waals surface area contributed by atoms with E-state index in [-0.39, 0.29) is 5.75 Å². The third-order valence-electron chi connectivity index (χ3n) is 3.10. The van der Waals surface area contributed by atoms with Gasteiger partial charge in [0, 0.05) is 20.3 Å². The SMILES string of the molecule is COCCCS(=O)(=O)Nc1cccc2c1NCCC2. The number of benzene rings is 1. The van der Waals surface area contributed by atoms with E-state index < -0.39 is 10.0 Å². The third-order valence-corrected chi connectivity index (χ3v) is 4.46. The number of para-hydroxylation sites is 1. The number of sulfonamides is 1. The van der Waals surface area contributed by atoms with Gasteiger partial charge in [-0.3, -0.25) is 4.72 Å². The van der Waals surface area contributed by atoms with Crippen molar-refractivity contribution in [2.24, 2.45) is 0 Å². The van der Waals surface area contributed by atoms with E-state index in [1.165, 1.54) is 5.56 Å². The zero-order valence-electron chi connectivity index (χ0n) is 11.1. The minimum atomic E-state index is -3.31. The van der Waals surface area contributed by atoms with Crippen LogP contribution in [0.4, 0.5) is 11.4 Å². The molecule has 0 fully saturated rings. The fourth-order valence-corrected chi connectivity index (χ4v) is 3.31. The fraction of sp³-hybridized carbons (Fsp3) is 0.538. The third kappa shape index (κ3) is 3.84. The highest BCUT2D eigenvalue weighted by Gasteiger charge is 2.16. The second kappa shape index (κ2) is 6.25. The number of hydrogen-bond donors (Lipinski definition) is 2. The summed E-state index contributed by atoms with van der Waals surface area (Å²) < 4.78 is 31.5. The lowest BCUT2D eigenvalue weighted by Crippen LogP contribution is -2.20. The second-order valence-corrected chi connectivity index (χ2v) is 6.48. The predicted molar refractivity (Wildman–Crippen MR) is 77.2 cm³/mol. The van der Waals surface area contributed by atoms with Crippen LogP contribution in [0.15, 0.2) is 18.2 Å². The zero-order chi connectivity index (χ0) is 13.7. The highest BCUT2D eigenvalue weighted by Crippen LogP contribution is 2.30. The van der Waals surface area contributed by atoms with E-state index in [9.17, 15) is 8.42 Å². The smallest absolute Gasteiger partial charge is 0.232 e. The van der Waals surface area contributed by atoms with Crippen molar-refractivity contribution in [2.45, 2.75) is 19.3 Å². The normalized spacial score (nSPS) is 14.6. The van der Waals surface area contributed by atoms with Gasteiger partial charge in [0.05, 0.1) is 17.1 Å². The maximum atomic E-state index is 12.0. The van der Waals surface area contributed by atoms with Crippen molar-refractivity contribution < 1.29 is 13.2 Å². The van der Waals surface area contributed by atoms with Crippen LogP contribution in [0.2, 0.25) is 0 Å². The molecule has 6 heteroatoms. The lowest BCUT2D eigenvalue weighted by atomic mass is 10.0. The molecule has 0 atom stereocenters. The first-order valence-electron chi connectivity index (χ1n) is 6.47. The van der Waals surface area contributed by atoms with Crippen LogP contribution in [-0.2, 0) is 21.2 Å². The van der Waals surface area contributed by atoms with Gasteiger partial charge in [0.25, 0.3) is 0 Å². The fourth-order valence-electron chi connectivity index (χ4n) is 2.21. The largest absolute Gasteiger partial charge is 0.385 e. The molecule has 1 aromatic carbocycles. The Hall–Kier alpha value is -1.27. The van der Waals surface area contributed by atoms with E-state index in [4.69, 9.17) is 4.74 Å². The molecule has 0 bridgehead atoms. The molecule has 0 radical (unpaired) electrons. The van der Waals surface area contributed by atoms with Crippen molar-refractivity contribution in [3.8, 4) is 0 Å². The van der Waals surface area contributed by atoms with Crippen molar-refractivity contribution in [1.82, 2.24) is 0 Å². The Morgan fingerprint density at radius 3 is 3.05 bits per heavy atom. The van der Waals surface area contributed by atoms with Crippen LogP contribution in [0, 0.1) is 0 Å². The first kappa shape index (κ1) is 14.1. The number of methoxy groups -OCH3 is 1. The standard InChI is InChI=1S/C13H20N2O3S/c1-18-9-4-10-19(16,17)15-12-7-2-5-11-6-3-8-14-13(11)12/h2,5,7,14-15H,3-4,6,8-10H2,1H3. The molecule has 0 saturated carbocycles. The molecule has 0 saturated heterocycles. The van der Waals surface area contributed by atoms with Crippen LogP contribution >= 0.6 is 0 Å². The molecule has 1 aliphatic rings. The van der Waals surface area contributed by atoms with Crippen molar-refractivity contribution in [3.05, 3.63) is 23.8 Å². The van der Waals surface area contributed by atoms with Crippen LogP contribution in [0.1, 0.15) is 18.4 Å². The summed E-state index contributed by atoms with van der Waals surface area (Å²) in [5, 5.41) is 3.27. The summed E-state index contributed by atoms with van der Waals surface area (Å²) in [5.41, 5.74) is 2.74. The van der Waals surface area contributed by atoms with Crippen LogP contribution in [0.3, 0.4) is 0 Å². The highest BCUT2D eigenvalue weighted by atomic mass is 32.2. The maximum Gasteiger partial charge on any atom is 0.232 e. The van der Waals surface area contributed by atoms with Gasteiger partial charge < -0.3 is 10.1 Å². The number of aryl methyl sites for hydroxylation is 1. The van der Waals surface area contributed by atoms with Crippen LogP contribution in [-0.4, -0.2) is 34.4 Å². The quantitative estimate of drug-likeness (QED) is 0.782. The first-order chi connectivity index (χ1) is 9.12. The van der Waals surface area contributed by atoms with E-state index in [0.717, 1.165) is 25.1 Å². The molecule has 0 amide bonds.